The topological polar surface area (TPSA) is 77.0 Å². The Labute approximate surface area is 178 Å². The van der Waals surface area contributed by atoms with Crippen LogP contribution in [0.4, 0.5) is 10.1 Å². The van der Waals surface area contributed by atoms with Gasteiger partial charge in [0.1, 0.15) is 5.82 Å². The van der Waals surface area contributed by atoms with E-state index in [1.807, 2.05) is 17.9 Å². The molecule has 1 fully saturated rings. The number of halogens is 2. The Morgan fingerprint density at radius 1 is 1.22 bits per heavy atom. The lowest BCUT2D eigenvalue weighted by molar-refractivity contribution is 0.370. The molecule has 1 saturated heterocycles. The zero-order valence-corrected chi connectivity index (χ0v) is 19.0. The first-order valence-corrected chi connectivity index (χ1v) is 10.8. The molecule has 0 radical (unpaired) electrons. The highest BCUT2D eigenvalue weighted by atomic mass is 127. The maximum atomic E-state index is 13.9. The predicted molar refractivity (Wildman–Crippen MR) is 119 cm³/mol. The Bertz CT molecular complexity index is 709. The van der Waals surface area contributed by atoms with Crippen LogP contribution < -0.4 is 14.9 Å². The summed E-state index contributed by atoms with van der Waals surface area (Å²) in [4.78, 5) is 8.78. The highest BCUT2D eigenvalue weighted by Crippen LogP contribution is 2.20. The number of nitrogens with one attached hydrogen (secondary N) is 2. The third-order valence-corrected chi connectivity index (χ3v) is 4.80. The number of aliphatic imine (C=N–C) groups is 1. The maximum absolute atomic E-state index is 13.9. The summed E-state index contributed by atoms with van der Waals surface area (Å²) in [6, 6.07) is 6.83. The second kappa shape index (κ2) is 11.6. The average Bonchev–Trinajstić information content (AvgIpc) is 2.60. The molecule has 1 aliphatic heterocycles. The van der Waals surface area contributed by atoms with Crippen molar-refractivity contribution >= 4 is 45.6 Å². The Kier molecular flexibility index (Phi) is 10.3. The van der Waals surface area contributed by atoms with E-state index in [0.29, 0.717) is 25.2 Å². The zero-order valence-electron chi connectivity index (χ0n) is 15.8. The van der Waals surface area contributed by atoms with E-state index in [-0.39, 0.29) is 29.8 Å². The summed E-state index contributed by atoms with van der Waals surface area (Å²) >= 11 is 0. The molecule has 0 aromatic heterocycles. The van der Waals surface area contributed by atoms with Crippen molar-refractivity contribution in [2.24, 2.45) is 4.99 Å². The Balaban J connectivity index is 0.00000364. The van der Waals surface area contributed by atoms with E-state index in [2.05, 4.69) is 19.9 Å². The van der Waals surface area contributed by atoms with E-state index in [4.69, 9.17) is 0 Å². The zero-order chi connectivity index (χ0) is 19.0. The van der Waals surface area contributed by atoms with Gasteiger partial charge in [-0.05, 0) is 25.5 Å². The van der Waals surface area contributed by atoms with Crippen molar-refractivity contribution in [3.8, 4) is 0 Å². The van der Waals surface area contributed by atoms with E-state index in [1.54, 1.807) is 12.1 Å². The van der Waals surface area contributed by atoms with Crippen LogP contribution in [0.25, 0.3) is 0 Å². The highest BCUT2D eigenvalue weighted by Gasteiger charge is 2.21. The van der Waals surface area contributed by atoms with E-state index in [0.717, 1.165) is 44.9 Å². The number of piperazine rings is 1. The molecule has 0 aliphatic carbocycles. The third kappa shape index (κ3) is 8.18. The number of nitrogens with zero attached hydrogens (tertiary/aromatic N) is 3. The first-order valence-electron chi connectivity index (χ1n) is 8.88. The van der Waals surface area contributed by atoms with Gasteiger partial charge in [0.15, 0.2) is 5.96 Å². The van der Waals surface area contributed by atoms with Crippen molar-refractivity contribution in [3.63, 3.8) is 0 Å². The number of hydrogen-bond acceptors (Lipinski definition) is 4. The lowest BCUT2D eigenvalue weighted by atomic mass is 10.2. The minimum absolute atomic E-state index is 0. The average molecular weight is 513 g/mol. The number of benzene rings is 1. The van der Waals surface area contributed by atoms with Crippen molar-refractivity contribution in [2.45, 2.75) is 13.3 Å². The molecular weight excluding hydrogens is 484 g/mol. The lowest BCUT2D eigenvalue weighted by Crippen LogP contribution is -2.52. The van der Waals surface area contributed by atoms with E-state index < -0.39 is 10.0 Å². The van der Waals surface area contributed by atoms with Gasteiger partial charge >= 0.3 is 0 Å². The quantitative estimate of drug-likeness (QED) is 0.250. The molecule has 2 rings (SSSR count). The number of guanidine groups is 1. The van der Waals surface area contributed by atoms with E-state index in [9.17, 15) is 12.8 Å². The van der Waals surface area contributed by atoms with Crippen LogP contribution in [0.2, 0.25) is 0 Å². The summed E-state index contributed by atoms with van der Waals surface area (Å²) in [6.45, 7) is 6.64. The first kappa shape index (κ1) is 23.9. The largest absolute Gasteiger partial charge is 0.366 e. The molecule has 1 aromatic rings. The summed E-state index contributed by atoms with van der Waals surface area (Å²) in [7, 11) is -3.15. The first-order chi connectivity index (χ1) is 12.4. The molecule has 1 aromatic carbocycles. The number of hydrogen-bond donors (Lipinski definition) is 2. The third-order valence-electron chi connectivity index (χ3n) is 4.07. The summed E-state index contributed by atoms with van der Waals surface area (Å²) in [5.74, 6) is 0.625. The molecule has 1 aliphatic rings. The molecule has 2 N–H and O–H groups in total. The molecular formula is C17H29FIN5O2S. The summed E-state index contributed by atoms with van der Waals surface area (Å²) in [5.41, 5.74) is 0.640. The van der Waals surface area contributed by atoms with Gasteiger partial charge in [0, 0.05) is 45.8 Å². The Hall–Kier alpha value is -1.14. The molecule has 0 spiro atoms. The van der Waals surface area contributed by atoms with Crippen molar-refractivity contribution in [1.29, 1.82) is 0 Å². The fourth-order valence-corrected chi connectivity index (χ4v) is 3.33. The SMILES string of the molecule is CCNC(=NCCCNS(C)(=O)=O)N1CCN(c2ccccc2F)CC1.I. The van der Waals surface area contributed by atoms with Crippen LogP contribution in [0.3, 0.4) is 0 Å². The Morgan fingerprint density at radius 3 is 2.48 bits per heavy atom. The molecule has 7 nitrogen and oxygen atoms in total. The van der Waals surface area contributed by atoms with Gasteiger partial charge in [-0.25, -0.2) is 17.5 Å². The van der Waals surface area contributed by atoms with Crippen LogP contribution in [0.5, 0.6) is 0 Å². The molecule has 0 amide bonds. The van der Waals surface area contributed by atoms with Crippen LogP contribution in [-0.2, 0) is 10.0 Å². The van der Waals surface area contributed by atoms with Gasteiger partial charge in [0.05, 0.1) is 11.9 Å². The van der Waals surface area contributed by atoms with E-state index >= 15 is 0 Å². The summed E-state index contributed by atoms with van der Waals surface area (Å²) < 4.78 is 38.5. The standard InChI is InChI=1S/C17H28FN5O2S.HI/c1-3-19-17(20-9-6-10-21-26(2,24)25)23-13-11-22(12-14-23)16-8-5-4-7-15(16)18;/h4-5,7-8,21H,3,6,9-14H2,1-2H3,(H,19,20);1H. The molecule has 10 heteroatoms. The molecule has 0 bridgehead atoms. The van der Waals surface area contributed by atoms with Gasteiger partial charge in [-0.1, -0.05) is 12.1 Å². The fraction of sp³-hybridized carbons (Fsp3) is 0.588. The number of anilines is 1. The molecule has 0 unspecified atom stereocenters. The van der Waals surface area contributed by atoms with Gasteiger partial charge in [-0.2, -0.15) is 0 Å². The van der Waals surface area contributed by atoms with Gasteiger partial charge in [0.2, 0.25) is 10.0 Å². The molecule has 27 heavy (non-hydrogen) atoms. The smallest absolute Gasteiger partial charge is 0.208 e. The minimum atomic E-state index is -3.15. The normalized spacial score (nSPS) is 15.4. The van der Waals surface area contributed by atoms with Crippen LogP contribution in [0.15, 0.2) is 29.3 Å². The number of rotatable bonds is 7. The van der Waals surface area contributed by atoms with Crippen molar-refractivity contribution < 1.29 is 12.8 Å². The van der Waals surface area contributed by atoms with Crippen LogP contribution in [-0.4, -0.2) is 71.3 Å². The lowest BCUT2D eigenvalue weighted by Gasteiger charge is -2.37. The minimum Gasteiger partial charge on any atom is -0.366 e. The molecule has 0 saturated carbocycles. The monoisotopic (exact) mass is 513 g/mol. The van der Waals surface area contributed by atoms with Gasteiger partial charge in [-0.15, -0.1) is 24.0 Å². The van der Waals surface area contributed by atoms with Crippen molar-refractivity contribution in [2.75, 3.05) is 57.0 Å². The van der Waals surface area contributed by atoms with E-state index in [1.165, 1.54) is 6.07 Å². The fourth-order valence-electron chi connectivity index (χ4n) is 2.81. The van der Waals surface area contributed by atoms with Crippen LogP contribution in [0, 0.1) is 5.82 Å². The number of sulfonamides is 1. The second-order valence-corrected chi connectivity index (χ2v) is 8.01. The van der Waals surface area contributed by atoms with Crippen LogP contribution >= 0.6 is 24.0 Å². The summed E-state index contributed by atoms with van der Waals surface area (Å²) in [6.07, 6.45) is 1.78. The molecule has 154 valence electrons. The maximum Gasteiger partial charge on any atom is 0.208 e. The van der Waals surface area contributed by atoms with Gasteiger partial charge in [-0.3, -0.25) is 4.99 Å². The highest BCUT2D eigenvalue weighted by molar-refractivity contribution is 14.0. The van der Waals surface area contributed by atoms with Crippen molar-refractivity contribution in [1.82, 2.24) is 14.9 Å². The molecule has 0 atom stereocenters. The molecule has 1 heterocycles. The van der Waals surface area contributed by atoms with Crippen molar-refractivity contribution in [3.05, 3.63) is 30.1 Å². The second-order valence-electron chi connectivity index (χ2n) is 6.18. The summed E-state index contributed by atoms with van der Waals surface area (Å²) in [5, 5.41) is 3.27. The number of para-hydroxylation sites is 1. The predicted octanol–water partition coefficient (Wildman–Crippen LogP) is 1.47. The van der Waals surface area contributed by atoms with Gasteiger partial charge < -0.3 is 15.1 Å². The van der Waals surface area contributed by atoms with Crippen LogP contribution in [0.1, 0.15) is 13.3 Å². The van der Waals surface area contributed by atoms with Gasteiger partial charge in [0.25, 0.3) is 0 Å². The Morgan fingerprint density at radius 2 is 1.89 bits per heavy atom.